The maximum atomic E-state index is 13.3. The van der Waals surface area contributed by atoms with E-state index in [2.05, 4.69) is 19.2 Å². The second kappa shape index (κ2) is 15.4. The number of esters is 1. The van der Waals surface area contributed by atoms with E-state index in [4.69, 9.17) is 10.5 Å². The Balaban J connectivity index is 2.21. The molecule has 204 valence electrons. The highest BCUT2D eigenvalue weighted by Gasteiger charge is 2.25. The van der Waals surface area contributed by atoms with Gasteiger partial charge in [-0.25, -0.2) is 4.79 Å². The first kappa shape index (κ1) is 30.3. The molecule has 7 nitrogen and oxygen atoms in total. The fourth-order valence-electron chi connectivity index (χ4n) is 4.22. The van der Waals surface area contributed by atoms with Gasteiger partial charge in [0.2, 0.25) is 0 Å². The van der Waals surface area contributed by atoms with Crippen molar-refractivity contribution in [2.75, 3.05) is 26.2 Å². The van der Waals surface area contributed by atoms with Crippen LogP contribution in [0.15, 0.2) is 42.5 Å². The Morgan fingerprint density at radius 3 is 2.24 bits per heavy atom. The van der Waals surface area contributed by atoms with Crippen LogP contribution in [0, 0.1) is 12.8 Å². The number of rotatable bonds is 15. The number of nitrogens with zero attached hydrogens (tertiary/aromatic N) is 1. The summed E-state index contributed by atoms with van der Waals surface area (Å²) in [5, 5.41) is 12.9. The number of benzene rings is 2. The van der Waals surface area contributed by atoms with Gasteiger partial charge in [0.1, 0.15) is 11.9 Å². The summed E-state index contributed by atoms with van der Waals surface area (Å²) in [6.45, 7) is 12.9. The van der Waals surface area contributed by atoms with E-state index in [-0.39, 0.29) is 11.7 Å². The SMILES string of the molecule is CCCN(CCC)C(=O)c1cc(C)cc(C(=O)OC(CNCCC(C)C)C(N)Cc2ccc(O)cc2)c1. The van der Waals surface area contributed by atoms with Crippen LogP contribution in [0.4, 0.5) is 0 Å². The van der Waals surface area contributed by atoms with E-state index < -0.39 is 18.1 Å². The molecule has 0 fully saturated rings. The summed E-state index contributed by atoms with van der Waals surface area (Å²) in [6, 6.07) is 11.6. The molecule has 0 aliphatic heterocycles. The monoisotopic (exact) mass is 511 g/mol. The van der Waals surface area contributed by atoms with Crippen LogP contribution < -0.4 is 11.1 Å². The first-order chi connectivity index (χ1) is 17.6. The third kappa shape index (κ3) is 10.2. The number of ether oxygens (including phenoxy) is 1. The number of amides is 1. The second-order valence-corrected chi connectivity index (χ2v) is 10.2. The number of carbonyl (C=O) groups is 2. The molecule has 2 atom stereocenters. The zero-order chi connectivity index (χ0) is 27.4. The largest absolute Gasteiger partial charge is 0.508 e. The van der Waals surface area contributed by atoms with E-state index in [1.807, 2.05) is 43.9 Å². The zero-order valence-electron chi connectivity index (χ0n) is 23.1. The van der Waals surface area contributed by atoms with E-state index in [0.717, 1.165) is 36.9 Å². The van der Waals surface area contributed by atoms with Gasteiger partial charge < -0.3 is 25.8 Å². The molecule has 4 N–H and O–H groups in total. The van der Waals surface area contributed by atoms with Gasteiger partial charge in [-0.15, -0.1) is 0 Å². The van der Waals surface area contributed by atoms with Crippen LogP contribution in [0.3, 0.4) is 0 Å². The highest BCUT2D eigenvalue weighted by atomic mass is 16.5. The molecule has 2 unspecified atom stereocenters. The average molecular weight is 512 g/mol. The number of aryl methyl sites for hydroxylation is 1. The summed E-state index contributed by atoms with van der Waals surface area (Å²) in [5.74, 6) is 0.184. The van der Waals surface area contributed by atoms with Crippen molar-refractivity contribution in [2.24, 2.45) is 11.7 Å². The Morgan fingerprint density at radius 2 is 1.65 bits per heavy atom. The summed E-state index contributed by atoms with van der Waals surface area (Å²) in [5.41, 5.74) is 9.14. The van der Waals surface area contributed by atoms with Crippen molar-refractivity contribution in [3.8, 4) is 5.75 Å². The summed E-state index contributed by atoms with van der Waals surface area (Å²) < 4.78 is 5.95. The Hall–Kier alpha value is -2.90. The van der Waals surface area contributed by atoms with Crippen LogP contribution in [0.5, 0.6) is 5.75 Å². The van der Waals surface area contributed by atoms with Crippen molar-refractivity contribution in [3.63, 3.8) is 0 Å². The van der Waals surface area contributed by atoms with Crippen LogP contribution in [-0.2, 0) is 11.2 Å². The third-order valence-electron chi connectivity index (χ3n) is 6.22. The van der Waals surface area contributed by atoms with Crippen LogP contribution in [0.1, 0.15) is 78.8 Å². The molecule has 0 aliphatic rings. The lowest BCUT2D eigenvalue weighted by Crippen LogP contribution is -2.46. The molecule has 7 heteroatoms. The first-order valence-corrected chi connectivity index (χ1v) is 13.5. The molecule has 0 aliphatic carbocycles. The number of phenolic OH excluding ortho intramolecular Hbond substituents is 1. The van der Waals surface area contributed by atoms with Gasteiger partial charge in [0, 0.05) is 31.2 Å². The lowest BCUT2D eigenvalue weighted by atomic mass is 10.0. The number of nitrogens with one attached hydrogen (secondary N) is 1. The molecule has 0 spiro atoms. The van der Waals surface area contributed by atoms with Gasteiger partial charge in [0.05, 0.1) is 5.56 Å². The number of nitrogens with two attached hydrogens (primary N) is 1. The van der Waals surface area contributed by atoms with E-state index in [1.165, 1.54) is 0 Å². The molecule has 0 bridgehead atoms. The summed E-state index contributed by atoms with van der Waals surface area (Å²) >= 11 is 0. The minimum Gasteiger partial charge on any atom is -0.508 e. The molecule has 2 aromatic rings. The van der Waals surface area contributed by atoms with Crippen molar-refractivity contribution in [1.29, 1.82) is 0 Å². The highest BCUT2D eigenvalue weighted by Crippen LogP contribution is 2.17. The van der Waals surface area contributed by atoms with Gasteiger partial charge in [-0.3, -0.25) is 4.79 Å². The smallest absolute Gasteiger partial charge is 0.338 e. The van der Waals surface area contributed by atoms with Crippen molar-refractivity contribution < 1.29 is 19.4 Å². The van der Waals surface area contributed by atoms with Gasteiger partial charge in [-0.05, 0) is 86.5 Å². The van der Waals surface area contributed by atoms with Crippen LogP contribution in [-0.4, -0.2) is 60.2 Å². The summed E-state index contributed by atoms with van der Waals surface area (Å²) in [4.78, 5) is 28.3. The molecule has 0 heterocycles. The Morgan fingerprint density at radius 1 is 1.03 bits per heavy atom. The maximum absolute atomic E-state index is 13.3. The standard InChI is InChI=1S/C30H45N3O4/c1-6-14-33(15-7-2)29(35)24-16-22(5)17-25(19-24)30(36)37-28(20-32-13-12-21(3)4)27(31)18-23-8-10-26(34)11-9-23/h8-11,16-17,19,21,27-28,32,34H,6-7,12-15,18,20,31H2,1-5H3. The number of hydrogen-bond acceptors (Lipinski definition) is 6. The predicted molar refractivity (Wildman–Crippen MR) is 149 cm³/mol. The zero-order valence-corrected chi connectivity index (χ0v) is 23.1. The van der Waals surface area contributed by atoms with Crippen molar-refractivity contribution in [3.05, 3.63) is 64.7 Å². The van der Waals surface area contributed by atoms with Gasteiger partial charge >= 0.3 is 5.97 Å². The molecule has 1 amide bonds. The molecule has 37 heavy (non-hydrogen) atoms. The van der Waals surface area contributed by atoms with Crippen molar-refractivity contribution >= 4 is 11.9 Å². The molecular weight excluding hydrogens is 466 g/mol. The van der Waals surface area contributed by atoms with Gasteiger partial charge in [0.25, 0.3) is 5.91 Å². The molecule has 0 aromatic heterocycles. The number of hydrogen-bond donors (Lipinski definition) is 3. The van der Waals surface area contributed by atoms with Gasteiger partial charge in [-0.2, -0.15) is 0 Å². The number of phenols is 1. The minimum atomic E-state index is -0.565. The molecule has 2 aromatic carbocycles. The second-order valence-electron chi connectivity index (χ2n) is 10.2. The Labute approximate surface area is 222 Å². The summed E-state index contributed by atoms with van der Waals surface area (Å²) in [7, 11) is 0. The quantitative estimate of drug-likeness (QED) is 0.237. The maximum Gasteiger partial charge on any atom is 0.338 e. The number of aromatic hydroxyl groups is 1. The fourth-order valence-corrected chi connectivity index (χ4v) is 4.22. The van der Waals surface area contributed by atoms with Gasteiger partial charge in [0.15, 0.2) is 0 Å². The normalized spacial score (nSPS) is 12.8. The van der Waals surface area contributed by atoms with Crippen LogP contribution in [0.2, 0.25) is 0 Å². The lowest BCUT2D eigenvalue weighted by Gasteiger charge is -2.25. The lowest BCUT2D eigenvalue weighted by molar-refractivity contribution is 0.0238. The number of carbonyl (C=O) groups excluding carboxylic acids is 2. The predicted octanol–water partition coefficient (Wildman–Crippen LogP) is 4.69. The topological polar surface area (TPSA) is 105 Å². The average Bonchev–Trinajstić information content (AvgIpc) is 2.86. The molecule has 2 rings (SSSR count). The third-order valence-corrected chi connectivity index (χ3v) is 6.22. The van der Waals surface area contributed by atoms with Crippen molar-refractivity contribution in [2.45, 2.75) is 72.4 Å². The minimum absolute atomic E-state index is 0.0719. The molecule has 0 radical (unpaired) electrons. The first-order valence-electron chi connectivity index (χ1n) is 13.5. The van der Waals surface area contributed by atoms with Crippen LogP contribution >= 0.6 is 0 Å². The molecule has 0 saturated carbocycles. The highest BCUT2D eigenvalue weighted by molar-refractivity contribution is 5.98. The van der Waals surface area contributed by atoms with Crippen molar-refractivity contribution in [1.82, 2.24) is 10.2 Å². The molecule has 0 saturated heterocycles. The van der Waals surface area contributed by atoms with E-state index in [0.29, 0.717) is 43.1 Å². The summed E-state index contributed by atoms with van der Waals surface area (Å²) in [6.07, 6.45) is 2.67. The van der Waals surface area contributed by atoms with E-state index >= 15 is 0 Å². The Kier molecular flexibility index (Phi) is 12.6. The van der Waals surface area contributed by atoms with Gasteiger partial charge in [-0.1, -0.05) is 39.8 Å². The Bertz CT molecular complexity index is 985. The fraction of sp³-hybridized carbons (Fsp3) is 0.533. The van der Waals surface area contributed by atoms with E-state index in [1.54, 1.807) is 24.3 Å². The van der Waals surface area contributed by atoms with E-state index in [9.17, 15) is 14.7 Å². The van der Waals surface area contributed by atoms with Crippen LogP contribution in [0.25, 0.3) is 0 Å². The molecular formula is C30H45N3O4.